The molecule has 2 aromatic heterocycles. The number of fused-ring (bicyclic) bond motifs is 2. The lowest BCUT2D eigenvalue weighted by Gasteiger charge is -2.15. The van der Waals surface area contributed by atoms with Crippen LogP contribution in [0.3, 0.4) is 0 Å². The van der Waals surface area contributed by atoms with Gasteiger partial charge < -0.3 is 10.1 Å². The summed E-state index contributed by atoms with van der Waals surface area (Å²) in [6.07, 6.45) is -2.61. The molecule has 0 aromatic carbocycles. The Morgan fingerprint density at radius 3 is 3.00 bits per heavy atom. The van der Waals surface area contributed by atoms with Gasteiger partial charge in [0.15, 0.2) is 5.65 Å². The molecular formula is C11H9F3N4O2. The Hall–Kier alpha value is -2.16. The zero-order chi connectivity index (χ0) is 14.3. The summed E-state index contributed by atoms with van der Waals surface area (Å²) in [5.74, 6) is -2.72. The van der Waals surface area contributed by atoms with Crippen molar-refractivity contribution in [2.75, 3.05) is 6.54 Å². The van der Waals surface area contributed by atoms with Gasteiger partial charge in [0.1, 0.15) is 0 Å². The predicted octanol–water partition coefficient (Wildman–Crippen LogP) is 0.843. The summed E-state index contributed by atoms with van der Waals surface area (Å²) in [7, 11) is 0. The van der Waals surface area contributed by atoms with Crippen molar-refractivity contribution in [1.82, 2.24) is 19.9 Å². The van der Waals surface area contributed by atoms with Gasteiger partial charge in [-0.2, -0.15) is 13.2 Å². The van der Waals surface area contributed by atoms with Crippen LogP contribution in [0.25, 0.3) is 5.65 Å². The molecule has 9 heteroatoms. The summed E-state index contributed by atoms with van der Waals surface area (Å²) in [6.45, 7) is 1.39. The van der Waals surface area contributed by atoms with Crippen LogP contribution in [-0.4, -0.2) is 33.3 Å². The third-order valence-electron chi connectivity index (χ3n) is 2.88. The molecule has 0 bridgehead atoms. The molecule has 3 heterocycles. The fourth-order valence-corrected chi connectivity index (χ4v) is 1.97. The first-order valence-electron chi connectivity index (χ1n) is 5.81. The molecule has 1 aliphatic rings. The number of esters is 1. The summed E-state index contributed by atoms with van der Waals surface area (Å²) < 4.78 is 41.8. The Bertz CT molecular complexity index is 637. The molecule has 0 fully saturated rings. The van der Waals surface area contributed by atoms with Crippen LogP contribution in [0.2, 0.25) is 0 Å². The van der Waals surface area contributed by atoms with E-state index >= 15 is 0 Å². The second-order valence-electron chi connectivity index (χ2n) is 4.31. The van der Waals surface area contributed by atoms with Gasteiger partial charge in [-0.05, 0) is 18.5 Å². The minimum atomic E-state index is -5.05. The van der Waals surface area contributed by atoms with Crippen molar-refractivity contribution in [1.29, 1.82) is 0 Å². The highest BCUT2D eigenvalue weighted by atomic mass is 19.4. The normalized spacial score (nSPS) is 15.2. The van der Waals surface area contributed by atoms with Crippen molar-refractivity contribution in [3.8, 4) is 5.88 Å². The Morgan fingerprint density at radius 1 is 1.45 bits per heavy atom. The molecular weight excluding hydrogens is 277 g/mol. The maximum atomic E-state index is 12.1. The lowest BCUT2D eigenvalue weighted by Crippen LogP contribution is -2.28. The first kappa shape index (κ1) is 12.9. The highest BCUT2D eigenvalue weighted by molar-refractivity contribution is 5.78. The van der Waals surface area contributed by atoms with E-state index in [9.17, 15) is 18.0 Å². The van der Waals surface area contributed by atoms with Crippen molar-refractivity contribution >= 4 is 11.6 Å². The zero-order valence-electron chi connectivity index (χ0n) is 10.1. The lowest BCUT2D eigenvalue weighted by molar-refractivity contribution is -0.190. The number of alkyl halides is 3. The smallest absolute Gasteiger partial charge is 0.399 e. The molecule has 0 spiro atoms. The summed E-state index contributed by atoms with van der Waals surface area (Å²) in [5.41, 5.74) is 2.11. The van der Waals surface area contributed by atoms with Gasteiger partial charge in [0.05, 0.1) is 5.69 Å². The molecule has 0 amide bonds. The van der Waals surface area contributed by atoms with Gasteiger partial charge >= 0.3 is 12.1 Å². The highest BCUT2D eigenvalue weighted by Crippen LogP contribution is 2.21. The number of aromatic nitrogens is 3. The van der Waals surface area contributed by atoms with E-state index in [-0.39, 0.29) is 0 Å². The first-order valence-corrected chi connectivity index (χ1v) is 5.81. The Kier molecular flexibility index (Phi) is 2.85. The van der Waals surface area contributed by atoms with Crippen LogP contribution in [0.5, 0.6) is 5.88 Å². The van der Waals surface area contributed by atoms with Crippen LogP contribution in [0.15, 0.2) is 12.3 Å². The summed E-state index contributed by atoms with van der Waals surface area (Å²) in [4.78, 5) is 15.0. The largest absolute Gasteiger partial charge is 0.491 e. The monoisotopic (exact) mass is 286 g/mol. The fourth-order valence-electron chi connectivity index (χ4n) is 1.97. The van der Waals surface area contributed by atoms with Gasteiger partial charge in [-0.25, -0.2) is 14.3 Å². The van der Waals surface area contributed by atoms with E-state index in [1.165, 1.54) is 10.6 Å². The van der Waals surface area contributed by atoms with E-state index < -0.39 is 18.0 Å². The minimum absolute atomic E-state index is 0.331. The van der Waals surface area contributed by atoms with Crippen LogP contribution in [0.1, 0.15) is 11.3 Å². The number of carbonyl (C=O) groups is 1. The minimum Gasteiger partial charge on any atom is -0.399 e. The molecule has 0 saturated heterocycles. The predicted molar refractivity (Wildman–Crippen MR) is 60.1 cm³/mol. The molecule has 1 N–H and O–H groups in total. The van der Waals surface area contributed by atoms with E-state index in [2.05, 4.69) is 20.1 Å². The van der Waals surface area contributed by atoms with Crippen LogP contribution in [0.4, 0.5) is 13.2 Å². The molecule has 0 unspecified atom stereocenters. The van der Waals surface area contributed by atoms with Gasteiger partial charge in [-0.3, -0.25) is 0 Å². The Balaban J connectivity index is 1.93. The molecule has 0 saturated carbocycles. The number of ether oxygens (including phenoxy) is 1. The summed E-state index contributed by atoms with van der Waals surface area (Å²) >= 11 is 0. The molecule has 0 aliphatic carbocycles. The number of halogens is 3. The third-order valence-corrected chi connectivity index (χ3v) is 2.88. The third kappa shape index (κ3) is 2.31. The number of hydrogen-bond donors (Lipinski definition) is 1. The van der Waals surface area contributed by atoms with Gasteiger partial charge in [0, 0.05) is 18.8 Å². The number of hydrogen-bond acceptors (Lipinski definition) is 5. The van der Waals surface area contributed by atoms with Crippen LogP contribution in [0, 0.1) is 0 Å². The second kappa shape index (κ2) is 4.44. The average Bonchev–Trinajstić information content (AvgIpc) is 2.75. The summed E-state index contributed by atoms with van der Waals surface area (Å²) in [5, 5.41) is 6.90. The summed E-state index contributed by atoms with van der Waals surface area (Å²) in [6, 6.07) is 1.19. The van der Waals surface area contributed by atoms with E-state index in [0.717, 1.165) is 24.2 Å². The van der Waals surface area contributed by atoms with Crippen LogP contribution < -0.4 is 10.1 Å². The van der Waals surface area contributed by atoms with Crippen molar-refractivity contribution in [3.63, 3.8) is 0 Å². The number of carbonyl (C=O) groups excluding carboxylic acids is 1. The molecule has 2 aromatic rings. The van der Waals surface area contributed by atoms with Gasteiger partial charge in [0.25, 0.3) is 0 Å². The standard InChI is InChI=1S/C11H9F3N4O2/c12-11(13,14)10(19)20-9-3-8-16-7-4-15-2-1-6(7)5-18(8)17-9/h3,5,15H,1-2,4H2. The quantitative estimate of drug-likeness (QED) is 0.787. The lowest BCUT2D eigenvalue weighted by atomic mass is 10.1. The maximum absolute atomic E-state index is 12.1. The fraction of sp³-hybridized carbons (Fsp3) is 0.364. The maximum Gasteiger partial charge on any atom is 0.491 e. The molecule has 0 radical (unpaired) electrons. The topological polar surface area (TPSA) is 68.5 Å². The Morgan fingerprint density at radius 2 is 2.25 bits per heavy atom. The average molecular weight is 286 g/mol. The Labute approximate surface area is 110 Å². The second-order valence-corrected chi connectivity index (χ2v) is 4.31. The van der Waals surface area contributed by atoms with Gasteiger partial charge in [-0.1, -0.05) is 0 Å². The molecule has 20 heavy (non-hydrogen) atoms. The van der Waals surface area contributed by atoms with Crippen molar-refractivity contribution in [3.05, 3.63) is 23.5 Å². The van der Waals surface area contributed by atoms with Crippen LogP contribution >= 0.6 is 0 Å². The number of nitrogens with zero attached hydrogens (tertiary/aromatic N) is 3. The first-order chi connectivity index (χ1) is 9.43. The molecule has 6 nitrogen and oxygen atoms in total. The van der Waals surface area contributed by atoms with E-state index in [4.69, 9.17) is 0 Å². The number of nitrogens with one attached hydrogen (secondary N) is 1. The molecule has 3 rings (SSSR count). The molecule has 106 valence electrons. The zero-order valence-corrected chi connectivity index (χ0v) is 10.1. The van der Waals surface area contributed by atoms with Gasteiger partial charge in [-0.15, -0.1) is 5.10 Å². The van der Waals surface area contributed by atoms with E-state index in [1.807, 2.05) is 0 Å². The van der Waals surface area contributed by atoms with E-state index in [1.54, 1.807) is 6.20 Å². The van der Waals surface area contributed by atoms with Crippen molar-refractivity contribution < 1.29 is 22.7 Å². The molecule has 0 atom stereocenters. The van der Waals surface area contributed by atoms with Crippen molar-refractivity contribution in [2.45, 2.75) is 19.1 Å². The number of rotatable bonds is 1. The SMILES string of the molecule is O=C(Oc1cc2nc3c(cn2n1)CCNC3)C(F)(F)F. The highest BCUT2D eigenvalue weighted by Gasteiger charge is 2.41. The van der Waals surface area contributed by atoms with E-state index in [0.29, 0.717) is 12.2 Å². The van der Waals surface area contributed by atoms with Gasteiger partial charge in [0.2, 0.25) is 5.88 Å². The van der Waals surface area contributed by atoms with Crippen molar-refractivity contribution in [2.24, 2.45) is 0 Å². The van der Waals surface area contributed by atoms with Crippen LogP contribution in [-0.2, 0) is 17.8 Å². The molecule has 1 aliphatic heterocycles.